The molecule has 2 aromatic carbocycles. The van der Waals surface area contributed by atoms with Crippen molar-refractivity contribution in [3.8, 4) is 5.75 Å². The van der Waals surface area contributed by atoms with Gasteiger partial charge in [-0.15, -0.1) is 0 Å². The summed E-state index contributed by atoms with van der Waals surface area (Å²) in [6.45, 7) is 5.80. The first-order valence-electron chi connectivity index (χ1n) is 10.6. The van der Waals surface area contributed by atoms with E-state index in [4.69, 9.17) is 4.74 Å². The SMILES string of the molecule is CCCNC1CN(C(=O)Nc2ccc(C(F)(F)F)cc2)N=C1c1ccc(OCCC)cc1. The number of amides is 2. The second-order valence-electron chi connectivity index (χ2n) is 7.45. The Hall–Kier alpha value is -3.07. The Labute approximate surface area is 185 Å². The van der Waals surface area contributed by atoms with Gasteiger partial charge in [0.25, 0.3) is 0 Å². The van der Waals surface area contributed by atoms with Gasteiger partial charge in [0.2, 0.25) is 0 Å². The lowest BCUT2D eigenvalue weighted by atomic mass is 10.0. The Kier molecular flexibility index (Phi) is 7.74. The van der Waals surface area contributed by atoms with Crippen LogP contribution in [0.1, 0.15) is 37.8 Å². The molecule has 1 atom stereocenters. The van der Waals surface area contributed by atoms with Crippen molar-refractivity contribution in [1.82, 2.24) is 10.3 Å². The molecule has 1 aliphatic heterocycles. The second-order valence-corrected chi connectivity index (χ2v) is 7.45. The van der Waals surface area contributed by atoms with Gasteiger partial charge in [-0.1, -0.05) is 13.8 Å². The number of carbonyl (C=O) groups excluding carboxylic acids is 1. The molecule has 2 aromatic rings. The van der Waals surface area contributed by atoms with Gasteiger partial charge in [0.15, 0.2) is 0 Å². The molecule has 0 saturated carbocycles. The molecular formula is C23H27F3N4O2. The van der Waals surface area contributed by atoms with Crippen LogP contribution in [-0.4, -0.2) is 42.5 Å². The zero-order valence-electron chi connectivity index (χ0n) is 18.1. The van der Waals surface area contributed by atoms with Crippen LogP contribution >= 0.6 is 0 Å². The molecule has 2 N–H and O–H groups in total. The smallest absolute Gasteiger partial charge is 0.416 e. The molecule has 9 heteroatoms. The van der Waals surface area contributed by atoms with Gasteiger partial charge in [0, 0.05) is 5.69 Å². The minimum atomic E-state index is -4.42. The number of hydrogen-bond donors (Lipinski definition) is 2. The summed E-state index contributed by atoms with van der Waals surface area (Å²) in [6.07, 6.45) is -2.59. The Balaban J connectivity index is 1.73. The number of nitrogens with one attached hydrogen (secondary N) is 2. The van der Waals surface area contributed by atoms with Crippen LogP contribution in [0.3, 0.4) is 0 Å². The van der Waals surface area contributed by atoms with Crippen molar-refractivity contribution in [2.75, 3.05) is 25.0 Å². The first-order valence-corrected chi connectivity index (χ1v) is 10.6. The van der Waals surface area contributed by atoms with Crippen LogP contribution in [0.15, 0.2) is 53.6 Å². The fourth-order valence-corrected chi connectivity index (χ4v) is 3.24. The van der Waals surface area contributed by atoms with Gasteiger partial charge >= 0.3 is 12.2 Å². The zero-order chi connectivity index (χ0) is 23.1. The lowest BCUT2D eigenvalue weighted by Crippen LogP contribution is -2.41. The molecule has 0 fully saturated rings. The van der Waals surface area contributed by atoms with E-state index >= 15 is 0 Å². The van der Waals surface area contributed by atoms with Crippen LogP contribution in [0.4, 0.5) is 23.7 Å². The third-order valence-electron chi connectivity index (χ3n) is 4.88. The van der Waals surface area contributed by atoms with E-state index in [2.05, 4.69) is 15.7 Å². The maximum Gasteiger partial charge on any atom is 0.416 e. The molecule has 172 valence electrons. The monoisotopic (exact) mass is 448 g/mol. The normalized spacial score (nSPS) is 16.1. The van der Waals surface area contributed by atoms with Gasteiger partial charge in [-0.05, 0) is 73.5 Å². The summed E-state index contributed by atoms with van der Waals surface area (Å²) in [5.74, 6) is 0.768. The largest absolute Gasteiger partial charge is 0.494 e. The fraction of sp³-hybridized carbons (Fsp3) is 0.391. The Morgan fingerprint density at radius 3 is 2.38 bits per heavy atom. The van der Waals surface area contributed by atoms with Gasteiger partial charge in [-0.25, -0.2) is 9.80 Å². The van der Waals surface area contributed by atoms with Crippen LogP contribution in [0.5, 0.6) is 5.75 Å². The summed E-state index contributed by atoms with van der Waals surface area (Å²) < 4.78 is 43.8. The summed E-state index contributed by atoms with van der Waals surface area (Å²) in [7, 11) is 0. The molecule has 2 amide bonds. The predicted molar refractivity (Wildman–Crippen MR) is 118 cm³/mol. The number of nitrogens with zero attached hydrogens (tertiary/aromatic N) is 2. The molecule has 1 heterocycles. The van der Waals surface area contributed by atoms with E-state index in [0.717, 1.165) is 48.5 Å². The van der Waals surface area contributed by atoms with Gasteiger partial charge in [0.05, 0.1) is 30.5 Å². The quantitative estimate of drug-likeness (QED) is 0.590. The van der Waals surface area contributed by atoms with E-state index in [9.17, 15) is 18.0 Å². The summed E-state index contributed by atoms with van der Waals surface area (Å²) in [4.78, 5) is 12.7. The maximum atomic E-state index is 12.7. The summed E-state index contributed by atoms with van der Waals surface area (Å²) in [6, 6.07) is 11.2. The average molecular weight is 448 g/mol. The van der Waals surface area contributed by atoms with E-state index in [1.54, 1.807) is 0 Å². The van der Waals surface area contributed by atoms with E-state index < -0.39 is 17.8 Å². The number of hydrazone groups is 1. The van der Waals surface area contributed by atoms with Gasteiger partial charge in [-0.3, -0.25) is 0 Å². The van der Waals surface area contributed by atoms with E-state index in [-0.39, 0.29) is 11.7 Å². The van der Waals surface area contributed by atoms with Crippen molar-refractivity contribution in [1.29, 1.82) is 0 Å². The van der Waals surface area contributed by atoms with Crippen LogP contribution < -0.4 is 15.4 Å². The summed E-state index contributed by atoms with van der Waals surface area (Å²) >= 11 is 0. The summed E-state index contributed by atoms with van der Waals surface area (Å²) in [5.41, 5.74) is 1.09. The standard InChI is InChI=1S/C23H27F3N4O2/c1-3-13-27-20-15-30(22(31)28-18-9-7-17(8-10-18)23(24,25)26)29-21(20)16-5-11-19(12-6-16)32-14-4-2/h5-12,20,27H,3-4,13-15H2,1-2H3,(H,28,31). The average Bonchev–Trinajstić information content (AvgIpc) is 3.20. The highest BCUT2D eigenvalue weighted by Gasteiger charge is 2.32. The minimum absolute atomic E-state index is 0.157. The first-order chi connectivity index (χ1) is 15.3. The molecule has 3 rings (SSSR count). The predicted octanol–water partition coefficient (Wildman–Crippen LogP) is 5.11. The van der Waals surface area contributed by atoms with Crippen molar-refractivity contribution in [3.05, 3.63) is 59.7 Å². The molecule has 0 saturated heterocycles. The van der Waals surface area contributed by atoms with E-state index in [1.807, 2.05) is 38.1 Å². The van der Waals surface area contributed by atoms with Crippen molar-refractivity contribution >= 4 is 17.4 Å². The molecule has 0 aromatic heterocycles. The molecule has 0 bridgehead atoms. The fourth-order valence-electron chi connectivity index (χ4n) is 3.24. The van der Waals surface area contributed by atoms with Crippen LogP contribution in [0.2, 0.25) is 0 Å². The van der Waals surface area contributed by atoms with Gasteiger partial charge in [-0.2, -0.15) is 18.3 Å². The number of ether oxygens (including phenoxy) is 1. The highest BCUT2D eigenvalue weighted by Crippen LogP contribution is 2.30. The molecule has 32 heavy (non-hydrogen) atoms. The van der Waals surface area contributed by atoms with Gasteiger partial charge < -0.3 is 15.4 Å². The number of urea groups is 1. The molecule has 1 unspecified atom stereocenters. The van der Waals surface area contributed by atoms with Crippen molar-refractivity contribution in [2.45, 2.75) is 38.9 Å². The number of anilines is 1. The van der Waals surface area contributed by atoms with Gasteiger partial charge in [0.1, 0.15) is 5.75 Å². The van der Waals surface area contributed by atoms with Crippen LogP contribution in [0, 0.1) is 0 Å². The third-order valence-corrected chi connectivity index (χ3v) is 4.88. The van der Waals surface area contributed by atoms with Crippen LogP contribution in [-0.2, 0) is 6.18 Å². The first kappa shape index (κ1) is 23.6. The lowest BCUT2D eigenvalue weighted by Gasteiger charge is -2.17. The number of carbonyl (C=O) groups is 1. The molecular weight excluding hydrogens is 421 g/mol. The highest BCUT2D eigenvalue weighted by atomic mass is 19.4. The van der Waals surface area contributed by atoms with E-state index in [0.29, 0.717) is 13.2 Å². The lowest BCUT2D eigenvalue weighted by molar-refractivity contribution is -0.137. The molecule has 1 aliphatic rings. The molecule has 6 nitrogen and oxygen atoms in total. The van der Waals surface area contributed by atoms with Crippen molar-refractivity contribution in [3.63, 3.8) is 0 Å². The van der Waals surface area contributed by atoms with Crippen molar-refractivity contribution in [2.24, 2.45) is 5.10 Å². The third kappa shape index (κ3) is 6.00. The molecule has 0 radical (unpaired) electrons. The minimum Gasteiger partial charge on any atom is -0.494 e. The molecule has 0 spiro atoms. The number of alkyl halides is 3. The Morgan fingerprint density at radius 1 is 1.09 bits per heavy atom. The highest BCUT2D eigenvalue weighted by molar-refractivity contribution is 6.07. The summed E-state index contributed by atoms with van der Waals surface area (Å²) in [5, 5.41) is 11.8. The Morgan fingerprint density at radius 2 is 1.78 bits per heavy atom. The second kappa shape index (κ2) is 10.5. The topological polar surface area (TPSA) is 66.0 Å². The number of halogens is 3. The van der Waals surface area contributed by atoms with Crippen molar-refractivity contribution < 1.29 is 22.7 Å². The Bertz CT molecular complexity index is 928. The number of benzene rings is 2. The number of hydrogen-bond acceptors (Lipinski definition) is 4. The van der Waals surface area contributed by atoms with E-state index in [1.165, 1.54) is 17.1 Å². The molecule has 0 aliphatic carbocycles. The maximum absolute atomic E-state index is 12.7. The number of rotatable bonds is 8. The van der Waals surface area contributed by atoms with Crippen LogP contribution in [0.25, 0.3) is 0 Å². The zero-order valence-corrected chi connectivity index (χ0v) is 18.1.